The number of para-hydroxylation sites is 1. The van der Waals surface area contributed by atoms with Gasteiger partial charge >= 0.3 is 5.97 Å². The number of nitrogens with zero attached hydrogens (tertiary/aromatic N) is 1. The molecule has 0 saturated heterocycles. The van der Waals surface area contributed by atoms with E-state index >= 15 is 0 Å². The van der Waals surface area contributed by atoms with Crippen LogP contribution in [0.2, 0.25) is 0 Å². The van der Waals surface area contributed by atoms with Gasteiger partial charge in [-0.1, -0.05) is 30.3 Å². The molecule has 0 aliphatic heterocycles. The molecule has 2 N–H and O–H groups in total. The van der Waals surface area contributed by atoms with Crippen LogP contribution in [-0.4, -0.2) is 51.4 Å². The Kier molecular flexibility index (Phi) is 10.6. The molecule has 10 heteroatoms. The van der Waals surface area contributed by atoms with Crippen LogP contribution in [0.3, 0.4) is 0 Å². The molecule has 0 unspecified atom stereocenters. The fourth-order valence-corrected chi connectivity index (χ4v) is 3.33. The number of hydrazone groups is 1. The van der Waals surface area contributed by atoms with Crippen molar-refractivity contribution in [1.29, 1.82) is 0 Å². The van der Waals surface area contributed by atoms with Gasteiger partial charge in [0.1, 0.15) is 22.9 Å². The van der Waals surface area contributed by atoms with Crippen molar-refractivity contribution in [2.45, 2.75) is 6.92 Å². The minimum Gasteiger partial charge on any atom is -0.497 e. The first-order chi connectivity index (χ1) is 18.9. The van der Waals surface area contributed by atoms with Gasteiger partial charge in [-0.05, 0) is 55.5 Å². The molecule has 0 radical (unpaired) electrons. The van der Waals surface area contributed by atoms with Gasteiger partial charge in [-0.2, -0.15) is 5.10 Å². The average Bonchev–Trinajstić information content (AvgIpc) is 2.96. The van der Waals surface area contributed by atoms with Crippen molar-refractivity contribution in [2.24, 2.45) is 5.10 Å². The number of nitrogens with one attached hydrogen (secondary N) is 2. The molecule has 0 bridgehead atoms. The number of carbonyl (C=O) groups is 3. The fourth-order valence-electron chi connectivity index (χ4n) is 3.33. The molecule has 39 heavy (non-hydrogen) atoms. The third-order valence-electron chi connectivity index (χ3n) is 5.21. The number of benzene rings is 3. The highest BCUT2D eigenvalue weighted by Crippen LogP contribution is 2.26. The van der Waals surface area contributed by atoms with E-state index in [2.05, 4.69) is 15.8 Å². The summed E-state index contributed by atoms with van der Waals surface area (Å²) in [5.41, 5.74) is 3.70. The molecule has 0 fully saturated rings. The molecule has 0 spiro atoms. The number of carbonyl (C=O) groups excluding carboxylic acids is 3. The van der Waals surface area contributed by atoms with Crippen molar-refractivity contribution < 1.29 is 33.3 Å². The summed E-state index contributed by atoms with van der Waals surface area (Å²) in [6, 6.07) is 20.4. The van der Waals surface area contributed by atoms with Gasteiger partial charge in [0.2, 0.25) is 0 Å². The lowest BCUT2D eigenvalue weighted by atomic mass is 10.1. The molecule has 0 atom stereocenters. The molecular weight excluding hydrogens is 502 g/mol. The van der Waals surface area contributed by atoms with Crippen LogP contribution in [0.1, 0.15) is 28.4 Å². The summed E-state index contributed by atoms with van der Waals surface area (Å²) in [5.74, 6) is -0.307. The first-order valence-electron chi connectivity index (χ1n) is 12.0. The normalized spacial score (nSPS) is 11.0. The van der Waals surface area contributed by atoms with Gasteiger partial charge < -0.3 is 24.3 Å². The molecular formula is C29H29N3O7. The lowest BCUT2D eigenvalue weighted by Crippen LogP contribution is -2.32. The second-order valence-corrected chi connectivity index (χ2v) is 7.82. The minimum atomic E-state index is -0.690. The van der Waals surface area contributed by atoms with E-state index in [1.807, 2.05) is 0 Å². The Bertz CT molecular complexity index is 1350. The van der Waals surface area contributed by atoms with Gasteiger partial charge in [0.05, 0.1) is 27.0 Å². The lowest BCUT2D eigenvalue weighted by molar-refractivity contribution is -0.145. The summed E-state index contributed by atoms with van der Waals surface area (Å²) < 4.78 is 21.1. The van der Waals surface area contributed by atoms with Gasteiger partial charge in [-0.3, -0.25) is 9.59 Å². The zero-order valence-corrected chi connectivity index (χ0v) is 21.8. The molecule has 2 amide bonds. The van der Waals surface area contributed by atoms with Crippen LogP contribution in [0.4, 0.5) is 0 Å². The van der Waals surface area contributed by atoms with Crippen LogP contribution < -0.4 is 25.0 Å². The van der Waals surface area contributed by atoms with Crippen molar-refractivity contribution in [3.05, 3.63) is 95.2 Å². The first-order valence-corrected chi connectivity index (χ1v) is 12.0. The molecule has 10 nitrogen and oxygen atoms in total. The summed E-state index contributed by atoms with van der Waals surface area (Å²) in [7, 11) is 3.01. The SMILES string of the molecule is CCOC(=O)COc1ccccc1/C=N/NC(=O)/C(=C/c1cc(OC)ccc1OC)NC(=O)c1ccccc1. The molecule has 3 rings (SSSR count). The van der Waals surface area contributed by atoms with Crippen LogP contribution >= 0.6 is 0 Å². The largest absolute Gasteiger partial charge is 0.497 e. The highest BCUT2D eigenvalue weighted by atomic mass is 16.6. The van der Waals surface area contributed by atoms with E-state index in [-0.39, 0.29) is 18.9 Å². The van der Waals surface area contributed by atoms with E-state index < -0.39 is 17.8 Å². The smallest absolute Gasteiger partial charge is 0.344 e. The first kappa shape index (κ1) is 28.5. The third-order valence-corrected chi connectivity index (χ3v) is 5.21. The number of hydrogen-bond donors (Lipinski definition) is 2. The zero-order valence-electron chi connectivity index (χ0n) is 21.8. The predicted molar refractivity (Wildman–Crippen MR) is 146 cm³/mol. The van der Waals surface area contributed by atoms with Gasteiger partial charge in [0.15, 0.2) is 6.61 Å². The Labute approximate surface area is 226 Å². The molecule has 3 aromatic rings. The van der Waals surface area contributed by atoms with Crippen molar-refractivity contribution in [3.8, 4) is 17.2 Å². The van der Waals surface area contributed by atoms with Crippen LogP contribution in [0.25, 0.3) is 6.08 Å². The third kappa shape index (κ3) is 8.46. The highest BCUT2D eigenvalue weighted by Gasteiger charge is 2.16. The predicted octanol–water partition coefficient (Wildman–Crippen LogP) is 3.57. The van der Waals surface area contributed by atoms with E-state index in [4.69, 9.17) is 18.9 Å². The number of ether oxygens (including phenoxy) is 4. The minimum absolute atomic E-state index is 0.0839. The van der Waals surface area contributed by atoms with E-state index in [1.54, 1.807) is 79.7 Å². The quantitative estimate of drug-likeness (QED) is 0.158. The van der Waals surface area contributed by atoms with Gasteiger partial charge in [0.25, 0.3) is 11.8 Å². The van der Waals surface area contributed by atoms with Gasteiger partial charge in [-0.15, -0.1) is 0 Å². The molecule has 3 aromatic carbocycles. The molecule has 0 aromatic heterocycles. The number of hydrogen-bond acceptors (Lipinski definition) is 8. The summed E-state index contributed by atoms with van der Waals surface area (Å²) >= 11 is 0. The maximum Gasteiger partial charge on any atom is 0.344 e. The molecule has 0 aliphatic rings. The Morgan fingerprint density at radius 3 is 2.33 bits per heavy atom. The summed E-state index contributed by atoms with van der Waals surface area (Å²) in [6.45, 7) is 1.68. The van der Waals surface area contributed by atoms with E-state index in [0.29, 0.717) is 33.9 Å². The average molecular weight is 532 g/mol. The topological polar surface area (TPSA) is 125 Å². The van der Waals surface area contributed by atoms with Crippen LogP contribution in [0, 0.1) is 0 Å². The van der Waals surface area contributed by atoms with Crippen LogP contribution in [0.5, 0.6) is 17.2 Å². The number of rotatable bonds is 12. The summed E-state index contributed by atoms with van der Waals surface area (Å²) in [4.78, 5) is 37.7. The fraction of sp³-hybridized carbons (Fsp3) is 0.172. The highest BCUT2D eigenvalue weighted by molar-refractivity contribution is 6.05. The Morgan fingerprint density at radius 2 is 1.62 bits per heavy atom. The van der Waals surface area contributed by atoms with Gasteiger partial charge in [0, 0.05) is 16.7 Å². The van der Waals surface area contributed by atoms with Gasteiger partial charge in [-0.25, -0.2) is 10.2 Å². The van der Waals surface area contributed by atoms with Crippen molar-refractivity contribution in [2.75, 3.05) is 27.4 Å². The Balaban J connectivity index is 1.84. The van der Waals surface area contributed by atoms with Crippen molar-refractivity contribution >= 4 is 30.1 Å². The Morgan fingerprint density at radius 1 is 0.872 bits per heavy atom. The van der Waals surface area contributed by atoms with E-state index in [0.717, 1.165) is 0 Å². The molecule has 0 heterocycles. The zero-order chi connectivity index (χ0) is 28.0. The Hall–Kier alpha value is -5.12. The number of esters is 1. The number of amides is 2. The monoisotopic (exact) mass is 531 g/mol. The van der Waals surface area contributed by atoms with E-state index in [1.165, 1.54) is 26.5 Å². The standard InChI is InChI=1S/C29H29N3O7/c1-4-38-27(33)19-39-26-13-9-8-12-21(26)18-30-32-29(35)24(31-28(34)20-10-6-5-7-11-20)17-22-16-23(36-2)14-15-25(22)37-3/h5-18H,4,19H2,1-3H3,(H,31,34)(H,32,35)/b24-17-,30-18+. The lowest BCUT2D eigenvalue weighted by Gasteiger charge is -2.12. The number of methoxy groups -OCH3 is 2. The van der Waals surface area contributed by atoms with Crippen molar-refractivity contribution in [1.82, 2.24) is 10.7 Å². The summed E-state index contributed by atoms with van der Waals surface area (Å²) in [5, 5.41) is 6.65. The molecule has 0 saturated carbocycles. The van der Waals surface area contributed by atoms with E-state index in [9.17, 15) is 14.4 Å². The maximum absolute atomic E-state index is 13.2. The van der Waals surface area contributed by atoms with Crippen LogP contribution in [0.15, 0.2) is 83.6 Å². The van der Waals surface area contributed by atoms with Crippen molar-refractivity contribution in [3.63, 3.8) is 0 Å². The maximum atomic E-state index is 13.2. The summed E-state index contributed by atoms with van der Waals surface area (Å²) in [6.07, 6.45) is 2.82. The molecule has 0 aliphatic carbocycles. The second kappa shape index (κ2) is 14.6. The van der Waals surface area contributed by atoms with Crippen LogP contribution in [-0.2, 0) is 14.3 Å². The molecule has 202 valence electrons. The second-order valence-electron chi connectivity index (χ2n) is 7.82.